The summed E-state index contributed by atoms with van der Waals surface area (Å²) in [4.78, 5) is 14.0. The monoisotopic (exact) mass is 305 g/mol. The van der Waals surface area contributed by atoms with Crippen LogP contribution in [0.2, 0.25) is 0 Å². The lowest BCUT2D eigenvalue weighted by Gasteiger charge is -2.43. The van der Waals surface area contributed by atoms with E-state index < -0.39 is 11.2 Å². The minimum Gasteiger partial charge on any atom is -0.444 e. The number of amides is 1. The zero-order valence-corrected chi connectivity index (χ0v) is 14.2. The topological polar surface area (TPSA) is 49.8 Å². The predicted molar refractivity (Wildman–Crippen MR) is 86.7 cm³/mol. The molecule has 1 aliphatic rings. The molecule has 1 N–H and O–H groups in total. The molecule has 4 nitrogen and oxygen atoms in total. The maximum absolute atomic E-state index is 12.3. The van der Waals surface area contributed by atoms with E-state index in [1.165, 1.54) is 0 Å². The molecule has 4 heteroatoms. The van der Waals surface area contributed by atoms with Crippen LogP contribution in [0.25, 0.3) is 0 Å². The van der Waals surface area contributed by atoms with Crippen LogP contribution in [-0.4, -0.2) is 34.3 Å². The summed E-state index contributed by atoms with van der Waals surface area (Å²) in [5.74, 6) is 0. The van der Waals surface area contributed by atoms with Gasteiger partial charge in [0.1, 0.15) is 5.60 Å². The number of ether oxygens (including phenoxy) is 1. The van der Waals surface area contributed by atoms with E-state index >= 15 is 0 Å². The summed E-state index contributed by atoms with van der Waals surface area (Å²) in [6.45, 7) is 10.1. The fourth-order valence-corrected chi connectivity index (χ4v) is 3.16. The van der Waals surface area contributed by atoms with Gasteiger partial charge in [-0.3, -0.25) is 0 Å². The molecule has 1 fully saturated rings. The molecule has 0 spiro atoms. The Morgan fingerprint density at radius 2 is 2.00 bits per heavy atom. The fourth-order valence-electron chi connectivity index (χ4n) is 3.16. The summed E-state index contributed by atoms with van der Waals surface area (Å²) in [5.41, 5.74) is 0.678. The molecule has 0 aliphatic carbocycles. The number of likely N-dealkylation sites (tertiary alicyclic amines) is 1. The van der Waals surface area contributed by atoms with Crippen molar-refractivity contribution >= 4 is 6.09 Å². The van der Waals surface area contributed by atoms with Crippen LogP contribution in [0, 0.1) is 6.92 Å². The van der Waals surface area contributed by atoms with Crippen molar-refractivity contribution in [3.8, 4) is 0 Å². The Morgan fingerprint density at radius 1 is 1.36 bits per heavy atom. The number of carbonyl (C=O) groups is 1. The van der Waals surface area contributed by atoms with E-state index in [1.54, 1.807) is 4.90 Å². The molecule has 0 saturated carbocycles. The third kappa shape index (κ3) is 3.61. The number of hydrogen-bond donors (Lipinski definition) is 1. The Kier molecular flexibility index (Phi) is 4.52. The summed E-state index contributed by atoms with van der Waals surface area (Å²) in [6.07, 6.45) is 0.755. The van der Waals surface area contributed by atoms with Crippen molar-refractivity contribution in [2.45, 2.75) is 64.7 Å². The number of rotatable bonds is 1. The summed E-state index contributed by atoms with van der Waals surface area (Å²) in [5, 5.41) is 11.0. The minimum atomic E-state index is -0.872. The average Bonchev–Trinajstić information content (AvgIpc) is 2.36. The number of piperidine rings is 1. The van der Waals surface area contributed by atoms with Gasteiger partial charge in [-0.25, -0.2) is 4.79 Å². The highest BCUT2D eigenvalue weighted by Crippen LogP contribution is 2.37. The second-order valence-electron chi connectivity index (χ2n) is 7.32. The van der Waals surface area contributed by atoms with Gasteiger partial charge in [0.2, 0.25) is 0 Å². The van der Waals surface area contributed by atoms with Crippen molar-refractivity contribution < 1.29 is 14.6 Å². The van der Waals surface area contributed by atoms with Gasteiger partial charge in [-0.15, -0.1) is 0 Å². The van der Waals surface area contributed by atoms with Gasteiger partial charge in [0.25, 0.3) is 0 Å². The molecule has 0 bridgehead atoms. The SMILES string of the molecule is Cc1ccccc1[C@]1(O)CCN(C(=O)OC(C)(C)C)[C@@H](C)C1. The molecule has 2 rings (SSSR count). The third-order valence-corrected chi connectivity index (χ3v) is 4.21. The summed E-state index contributed by atoms with van der Waals surface area (Å²) in [7, 11) is 0. The first-order chi connectivity index (χ1) is 10.1. The van der Waals surface area contributed by atoms with Gasteiger partial charge >= 0.3 is 6.09 Å². The van der Waals surface area contributed by atoms with E-state index in [0.29, 0.717) is 19.4 Å². The standard InChI is InChI=1S/C18H27NO3/c1-13-8-6-7-9-15(13)18(21)10-11-19(14(2)12-18)16(20)22-17(3,4)5/h6-9,14,21H,10-12H2,1-5H3/t14-,18-/m0/s1. The lowest BCUT2D eigenvalue weighted by molar-refractivity contribution is -0.0549. The van der Waals surface area contributed by atoms with Crippen LogP contribution in [0.3, 0.4) is 0 Å². The zero-order chi connectivity index (χ0) is 16.5. The van der Waals surface area contributed by atoms with Gasteiger partial charge in [-0.1, -0.05) is 24.3 Å². The van der Waals surface area contributed by atoms with Gasteiger partial charge < -0.3 is 14.7 Å². The van der Waals surface area contributed by atoms with Gasteiger partial charge in [0, 0.05) is 19.0 Å². The summed E-state index contributed by atoms with van der Waals surface area (Å²) in [6, 6.07) is 7.85. The number of aryl methyl sites for hydroxylation is 1. The Balaban J connectivity index is 2.13. The summed E-state index contributed by atoms with van der Waals surface area (Å²) < 4.78 is 5.45. The molecule has 2 atom stereocenters. The molecular weight excluding hydrogens is 278 g/mol. The Morgan fingerprint density at radius 3 is 2.55 bits per heavy atom. The number of hydrogen-bond acceptors (Lipinski definition) is 3. The fraction of sp³-hybridized carbons (Fsp3) is 0.611. The molecule has 1 aliphatic heterocycles. The second kappa shape index (κ2) is 5.92. The lowest BCUT2D eigenvalue weighted by atomic mass is 9.79. The first-order valence-electron chi connectivity index (χ1n) is 7.90. The quantitative estimate of drug-likeness (QED) is 0.862. The Bertz CT molecular complexity index is 550. The smallest absolute Gasteiger partial charge is 0.410 e. The second-order valence-corrected chi connectivity index (χ2v) is 7.32. The van der Waals surface area contributed by atoms with E-state index in [1.807, 2.05) is 58.9 Å². The van der Waals surface area contributed by atoms with Crippen molar-refractivity contribution in [2.24, 2.45) is 0 Å². The Labute approximate surface area is 133 Å². The molecule has 0 radical (unpaired) electrons. The average molecular weight is 305 g/mol. The molecule has 22 heavy (non-hydrogen) atoms. The van der Waals surface area contributed by atoms with Gasteiger partial charge in [-0.2, -0.15) is 0 Å². The first kappa shape index (κ1) is 16.8. The van der Waals surface area contributed by atoms with Crippen LogP contribution < -0.4 is 0 Å². The molecule has 1 aromatic carbocycles. The highest BCUT2D eigenvalue weighted by molar-refractivity contribution is 5.68. The molecule has 122 valence electrons. The van der Waals surface area contributed by atoms with Gasteiger partial charge in [0.15, 0.2) is 0 Å². The van der Waals surface area contributed by atoms with Crippen LogP contribution >= 0.6 is 0 Å². The highest BCUT2D eigenvalue weighted by atomic mass is 16.6. The van der Waals surface area contributed by atoms with E-state index in [9.17, 15) is 9.90 Å². The van der Waals surface area contributed by atoms with E-state index in [2.05, 4.69) is 0 Å². The van der Waals surface area contributed by atoms with Crippen LogP contribution in [0.15, 0.2) is 24.3 Å². The van der Waals surface area contributed by atoms with Gasteiger partial charge in [-0.05, 0) is 52.2 Å². The van der Waals surface area contributed by atoms with Crippen LogP contribution in [0.1, 0.15) is 51.7 Å². The zero-order valence-electron chi connectivity index (χ0n) is 14.2. The van der Waals surface area contributed by atoms with Crippen molar-refractivity contribution in [3.63, 3.8) is 0 Å². The highest BCUT2D eigenvalue weighted by Gasteiger charge is 2.41. The van der Waals surface area contributed by atoms with E-state index in [0.717, 1.165) is 11.1 Å². The van der Waals surface area contributed by atoms with Gasteiger partial charge in [0.05, 0.1) is 5.60 Å². The van der Waals surface area contributed by atoms with Crippen molar-refractivity contribution in [3.05, 3.63) is 35.4 Å². The maximum atomic E-state index is 12.3. The van der Waals surface area contributed by atoms with E-state index in [-0.39, 0.29) is 12.1 Å². The van der Waals surface area contributed by atoms with Crippen LogP contribution in [0.5, 0.6) is 0 Å². The summed E-state index contributed by atoms with van der Waals surface area (Å²) >= 11 is 0. The number of aliphatic hydroxyl groups is 1. The predicted octanol–water partition coefficient (Wildman–Crippen LogP) is 3.60. The number of benzene rings is 1. The molecular formula is C18H27NO3. The van der Waals surface area contributed by atoms with Crippen LogP contribution in [0.4, 0.5) is 4.79 Å². The normalized spacial score (nSPS) is 25.9. The lowest BCUT2D eigenvalue weighted by Crippen LogP contribution is -2.51. The molecule has 1 aromatic rings. The number of nitrogens with zero attached hydrogens (tertiary/aromatic N) is 1. The van der Waals surface area contributed by atoms with Crippen molar-refractivity contribution in [1.82, 2.24) is 4.90 Å². The molecule has 0 unspecified atom stereocenters. The Hall–Kier alpha value is -1.55. The van der Waals surface area contributed by atoms with E-state index in [4.69, 9.17) is 4.74 Å². The van der Waals surface area contributed by atoms with Crippen molar-refractivity contribution in [1.29, 1.82) is 0 Å². The molecule has 1 heterocycles. The maximum Gasteiger partial charge on any atom is 0.410 e. The van der Waals surface area contributed by atoms with Crippen molar-refractivity contribution in [2.75, 3.05) is 6.54 Å². The number of carbonyl (C=O) groups excluding carboxylic acids is 1. The third-order valence-electron chi connectivity index (χ3n) is 4.21. The molecule has 1 amide bonds. The van der Waals surface area contributed by atoms with Crippen LogP contribution in [-0.2, 0) is 10.3 Å². The largest absolute Gasteiger partial charge is 0.444 e. The molecule has 1 saturated heterocycles. The molecule has 0 aromatic heterocycles. The minimum absolute atomic E-state index is 0.0618. The first-order valence-corrected chi connectivity index (χ1v) is 7.90.